The minimum absolute atomic E-state index is 0.111. The lowest BCUT2D eigenvalue weighted by Crippen LogP contribution is -2.45. The number of rotatable bonds is 9. The van der Waals surface area contributed by atoms with E-state index in [-0.39, 0.29) is 11.7 Å². The van der Waals surface area contributed by atoms with Crippen LogP contribution in [0.4, 0.5) is 0 Å². The van der Waals surface area contributed by atoms with Crippen LogP contribution in [0.15, 0.2) is 24.0 Å². The fraction of sp³-hybridized carbons (Fsp3) is 0.529. The molecule has 0 saturated heterocycles. The molecule has 3 N–H and O–H groups in total. The molecule has 22 heavy (non-hydrogen) atoms. The van der Waals surface area contributed by atoms with Crippen LogP contribution in [0.3, 0.4) is 0 Å². The van der Waals surface area contributed by atoms with Gasteiger partial charge in [-0.3, -0.25) is 9.59 Å². The molecule has 0 heterocycles. The molecular weight excluding hydrogens is 280 g/mol. The van der Waals surface area contributed by atoms with Crippen LogP contribution in [-0.2, 0) is 14.3 Å². The van der Waals surface area contributed by atoms with E-state index in [2.05, 4.69) is 23.7 Å². The standard InChI is InChI=1S/C17H26N2O3/c1-6-8-9-13(5)11-15(22-7-2)17(21)19-14(16(18)20)10-12(3)4/h11-12,14H,5,7,9-10H2,1-4H3,(H2,18,20)(H,19,21)/b15-11-. The van der Waals surface area contributed by atoms with Crippen molar-refractivity contribution in [3.05, 3.63) is 24.0 Å². The van der Waals surface area contributed by atoms with Gasteiger partial charge in [0.25, 0.3) is 5.91 Å². The Hall–Kier alpha value is -2.22. The van der Waals surface area contributed by atoms with Crippen molar-refractivity contribution in [3.63, 3.8) is 0 Å². The molecule has 0 aromatic carbocycles. The third kappa shape index (κ3) is 8.15. The number of carbonyl (C=O) groups is 2. The molecule has 0 rings (SSSR count). The van der Waals surface area contributed by atoms with Crippen molar-refractivity contribution in [2.45, 2.75) is 46.6 Å². The van der Waals surface area contributed by atoms with Crippen LogP contribution >= 0.6 is 0 Å². The van der Waals surface area contributed by atoms with E-state index < -0.39 is 17.9 Å². The van der Waals surface area contributed by atoms with Crippen molar-refractivity contribution < 1.29 is 14.3 Å². The number of nitrogens with one attached hydrogen (secondary N) is 1. The number of primary amides is 1. The van der Waals surface area contributed by atoms with Gasteiger partial charge >= 0.3 is 0 Å². The summed E-state index contributed by atoms with van der Waals surface area (Å²) in [5, 5.41) is 2.61. The largest absolute Gasteiger partial charge is 0.488 e. The highest BCUT2D eigenvalue weighted by Gasteiger charge is 2.22. The third-order valence-electron chi connectivity index (χ3n) is 2.71. The molecule has 0 spiro atoms. The third-order valence-corrected chi connectivity index (χ3v) is 2.71. The fourth-order valence-corrected chi connectivity index (χ4v) is 1.71. The molecule has 0 aromatic heterocycles. The number of hydrogen-bond donors (Lipinski definition) is 2. The van der Waals surface area contributed by atoms with Crippen LogP contribution < -0.4 is 11.1 Å². The Kier molecular flexibility index (Phi) is 9.44. The fourth-order valence-electron chi connectivity index (χ4n) is 1.71. The maximum absolute atomic E-state index is 12.2. The quantitative estimate of drug-likeness (QED) is 0.295. The van der Waals surface area contributed by atoms with Crippen LogP contribution in [0.1, 0.15) is 40.5 Å². The zero-order valence-corrected chi connectivity index (χ0v) is 13.9. The van der Waals surface area contributed by atoms with E-state index in [0.717, 1.165) is 0 Å². The molecule has 0 radical (unpaired) electrons. The molecule has 0 aliphatic carbocycles. The SMILES string of the molecule is C=C(/C=C(\OCC)C(=O)NC(CC(C)C)C(N)=O)CC#CC. The van der Waals surface area contributed by atoms with Gasteiger partial charge in [0, 0.05) is 6.42 Å². The molecule has 0 aliphatic heterocycles. The second kappa shape index (κ2) is 10.5. The summed E-state index contributed by atoms with van der Waals surface area (Å²) in [7, 11) is 0. The summed E-state index contributed by atoms with van der Waals surface area (Å²) in [6.45, 7) is 11.6. The van der Waals surface area contributed by atoms with Crippen molar-refractivity contribution >= 4 is 11.8 Å². The topological polar surface area (TPSA) is 81.4 Å². The van der Waals surface area contributed by atoms with Gasteiger partial charge in [-0.15, -0.1) is 5.92 Å². The maximum Gasteiger partial charge on any atom is 0.287 e. The Balaban J connectivity index is 5.03. The first-order chi connectivity index (χ1) is 10.3. The highest BCUT2D eigenvalue weighted by molar-refractivity contribution is 5.95. The number of ether oxygens (including phenoxy) is 1. The van der Waals surface area contributed by atoms with Gasteiger partial charge in [-0.05, 0) is 37.8 Å². The van der Waals surface area contributed by atoms with Crippen molar-refractivity contribution in [3.8, 4) is 11.8 Å². The highest BCUT2D eigenvalue weighted by atomic mass is 16.5. The van der Waals surface area contributed by atoms with Gasteiger partial charge < -0.3 is 15.8 Å². The van der Waals surface area contributed by atoms with Crippen LogP contribution in [0, 0.1) is 17.8 Å². The van der Waals surface area contributed by atoms with E-state index >= 15 is 0 Å². The normalized spacial score (nSPS) is 12.1. The molecule has 2 amide bonds. The number of amides is 2. The molecule has 1 unspecified atom stereocenters. The van der Waals surface area contributed by atoms with E-state index in [9.17, 15) is 9.59 Å². The Morgan fingerprint density at radius 1 is 1.41 bits per heavy atom. The summed E-state index contributed by atoms with van der Waals surface area (Å²) < 4.78 is 5.33. The minimum atomic E-state index is -0.722. The molecule has 0 aliphatic rings. The maximum atomic E-state index is 12.2. The van der Waals surface area contributed by atoms with E-state index in [1.807, 2.05) is 13.8 Å². The molecule has 0 saturated carbocycles. The second-order valence-corrected chi connectivity index (χ2v) is 5.26. The molecule has 5 nitrogen and oxygen atoms in total. The smallest absolute Gasteiger partial charge is 0.287 e. The molecule has 0 aromatic rings. The van der Waals surface area contributed by atoms with E-state index in [1.165, 1.54) is 6.08 Å². The first kappa shape index (κ1) is 19.8. The summed E-state index contributed by atoms with van der Waals surface area (Å²) >= 11 is 0. The second-order valence-electron chi connectivity index (χ2n) is 5.26. The number of nitrogens with two attached hydrogens (primary N) is 1. The van der Waals surface area contributed by atoms with Crippen molar-refractivity contribution in [2.75, 3.05) is 6.61 Å². The van der Waals surface area contributed by atoms with Gasteiger partial charge in [0.15, 0.2) is 5.76 Å². The number of hydrogen-bond acceptors (Lipinski definition) is 3. The van der Waals surface area contributed by atoms with Crippen LogP contribution in [0.5, 0.6) is 0 Å². The van der Waals surface area contributed by atoms with Gasteiger partial charge in [-0.1, -0.05) is 26.3 Å². The Morgan fingerprint density at radius 3 is 2.50 bits per heavy atom. The Morgan fingerprint density at radius 2 is 2.05 bits per heavy atom. The molecule has 5 heteroatoms. The summed E-state index contributed by atoms with van der Waals surface area (Å²) in [5.74, 6) is 4.93. The predicted octanol–water partition coefficient (Wildman–Crippen LogP) is 1.89. The minimum Gasteiger partial charge on any atom is -0.488 e. The lowest BCUT2D eigenvalue weighted by Gasteiger charge is -2.18. The van der Waals surface area contributed by atoms with Crippen molar-refractivity contribution in [1.82, 2.24) is 5.32 Å². The average molecular weight is 306 g/mol. The van der Waals surface area contributed by atoms with Gasteiger partial charge in [0.05, 0.1) is 6.61 Å². The van der Waals surface area contributed by atoms with Crippen LogP contribution in [0.2, 0.25) is 0 Å². The number of allylic oxidation sites excluding steroid dienone is 2. The van der Waals surface area contributed by atoms with Gasteiger partial charge in [0.1, 0.15) is 6.04 Å². The van der Waals surface area contributed by atoms with Crippen LogP contribution in [-0.4, -0.2) is 24.5 Å². The summed E-state index contributed by atoms with van der Waals surface area (Å²) in [6, 6.07) is -0.722. The summed E-state index contributed by atoms with van der Waals surface area (Å²) in [4.78, 5) is 23.7. The summed E-state index contributed by atoms with van der Waals surface area (Å²) in [5.41, 5.74) is 5.98. The van der Waals surface area contributed by atoms with Crippen LogP contribution in [0.25, 0.3) is 0 Å². The van der Waals surface area contributed by atoms with Gasteiger partial charge in [0.2, 0.25) is 5.91 Å². The molecule has 122 valence electrons. The van der Waals surface area contributed by atoms with E-state index in [4.69, 9.17) is 10.5 Å². The highest BCUT2D eigenvalue weighted by Crippen LogP contribution is 2.09. The summed E-state index contributed by atoms with van der Waals surface area (Å²) in [6.07, 6.45) is 2.46. The first-order valence-electron chi connectivity index (χ1n) is 7.33. The zero-order chi connectivity index (χ0) is 17.1. The first-order valence-corrected chi connectivity index (χ1v) is 7.33. The van der Waals surface area contributed by atoms with E-state index in [1.54, 1.807) is 13.8 Å². The van der Waals surface area contributed by atoms with Crippen molar-refractivity contribution in [1.29, 1.82) is 0 Å². The molecule has 0 fully saturated rings. The molecule has 1 atom stereocenters. The molecule has 0 bridgehead atoms. The monoisotopic (exact) mass is 306 g/mol. The Labute approximate surface area is 133 Å². The lowest BCUT2D eigenvalue weighted by molar-refractivity contribution is -0.127. The van der Waals surface area contributed by atoms with Crippen molar-refractivity contribution in [2.24, 2.45) is 11.7 Å². The lowest BCUT2D eigenvalue weighted by atomic mass is 10.0. The average Bonchev–Trinajstić information content (AvgIpc) is 2.43. The molecular formula is C17H26N2O3. The predicted molar refractivity (Wildman–Crippen MR) is 87.5 cm³/mol. The zero-order valence-electron chi connectivity index (χ0n) is 13.9. The Bertz CT molecular complexity index is 496. The number of carbonyl (C=O) groups excluding carboxylic acids is 2. The van der Waals surface area contributed by atoms with Gasteiger partial charge in [-0.25, -0.2) is 0 Å². The van der Waals surface area contributed by atoms with E-state index in [0.29, 0.717) is 25.0 Å². The van der Waals surface area contributed by atoms with Gasteiger partial charge in [-0.2, -0.15) is 0 Å².